The van der Waals surface area contributed by atoms with Crippen molar-refractivity contribution in [2.75, 3.05) is 7.11 Å². The maximum absolute atomic E-state index is 5.51. The van der Waals surface area contributed by atoms with Crippen molar-refractivity contribution in [2.24, 2.45) is 0 Å². The van der Waals surface area contributed by atoms with Gasteiger partial charge in [0.05, 0.1) is 7.11 Å². The first-order valence-corrected chi connectivity index (χ1v) is 9.97. The Hall–Kier alpha value is -1.54. The second-order valence-electron chi connectivity index (χ2n) is 6.64. The van der Waals surface area contributed by atoms with E-state index in [4.69, 9.17) is 4.74 Å². The minimum Gasteiger partial charge on any atom is -0.497 e. The average molecular weight is 296 g/mol. The zero-order chi connectivity index (χ0) is 15.2. The Morgan fingerprint density at radius 2 is 1.43 bits per heavy atom. The average Bonchev–Trinajstić information content (AvgIpc) is 2.77. The van der Waals surface area contributed by atoms with Gasteiger partial charge >= 0.3 is 0 Å². The first-order valence-electron chi connectivity index (χ1n) is 7.81. The summed E-state index contributed by atoms with van der Waals surface area (Å²) in [5.41, 5.74) is 4.23. The Balaban J connectivity index is 2.40. The molecule has 1 aliphatic heterocycles. The summed E-state index contributed by atoms with van der Waals surface area (Å²) in [4.78, 5) is 0. The van der Waals surface area contributed by atoms with Crippen molar-refractivity contribution < 1.29 is 4.74 Å². The fourth-order valence-electron chi connectivity index (χ4n) is 4.36. The monoisotopic (exact) mass is 296 g/mol. The topological polar surface area (TPSA) is 9.23 Å². The van der Waals surface area contributed by atoms with E-state index in [0.29, 0.717) is 11.1 Å². The number of hydrogen-bond acceptors (Lipinski definition) is 1. The summed E-state index contributed by atoms with van der Waals surface area (Å²) >= 11 is 0. The lowest BCUT2D eigenvalue weighted by molar-refractivity contribution is 0.415. The van der Waals surface area contributed by atoms with Gasteiger partial charge in [-0.15, -0.1) is 0 Å². The van der Waals surface area contributed by atoms with E-state index in [-0.39, 0.29) is 0 Å². The summed E-state index contributed by atoms with van der Waals surface area (Å²) in [7, 11) is 0.00569. The van der Waals surface area contributed by atoms with Crippen molar-refractivity contribution in [1.82, 2.24) is 0 Å². The summed E-state index contributed by atoms with van der Waals surface area (Å²) in [5, 5.41) is 3.17. The Morgan fingerprint density at radius 1 is 0.810 bits per heavy atom. The SMILES string of the molecule is COc1ccc2c(c1)[Si](C(C)C)(C(C)C)c1ccccc1-2. The molecule has 1 aliphatic rings. The van der Waals surface area contributed by atoms with Gasteiger partial charge in [-0.05, 0) is 44.7 Å². The van der Waals surface area contributed by atoms with Crippen molar-refractivity contribution in [3.8, 4) is 16.9 Å². The van der Waals surface area contributed by atoms with Crippen molar-refractivity contribution in [3.05, 3.63) is 42.5 Å². The first-order chi connectivity index (χ1) is 10.0. The first kappa shape index (κ1) is 14.4. The van der Waals surface area contributed by atoms with Crippen molar-refractivity contribution >= 4 is 18.4 Å². The van der Waals surface area contributed by atoms with Crippen LogP contribution in [0.3, 0.4) is 0 Å². The summed E-state index contributed by atoms with van der Waals surface area (Å²) in [6.45, 7) is 9.60. The number of ether oxygens (including phenoxy) is 1. The molecule has 0 amide bonds. The zero-order valence-electron chi connectivity index (χ0n) is 13.6. The van der Waals surface area contributed by atoms with Gasteiger partial charge in [0.15, 0.2) is 0 Å². The summed E-state index contributed by atoms with van der Waals surface area (Å²) in [6, 6.07) is 15.7. The van der Waals surface area contributed by atoms with Crippen LogP contribution in [-0.2, 0) is 0 Å². The van der Waals surface area contributed by atoms with E-state index in [9.17, 15) is 0 Å². The quantitative estimate of drug-likeness (QED) is 0.776. The molecular formula is C19H24OSi. The molecule has 21 heavy (non-hydrogen) atoms. The second kappa shape index (κ2) is 5.02. The van der Waals surface area contributed by atoms with Crippen LogP contribution in [0.5, 0.6) is 5.75 Å². The molecule has 1 heterocycles. The van der Waals surface area contributed by atoms with Crippen molar-refractivity contribution in [1.29, 1.82) is 0 Å². The molecule has 0 aliphatic carbocycles. The lowest BCUT2D eigenvalue weighted by Gasteiger charge is -2.38. The predicted octanol–water partition coefficient (Wildman–Crippen LogP) is 4.06. The van der Waals surface area contributed by atoms with Gasteiger partial charge in [0.1, 0.15) is 13.8 Å². The highest BCUT2D eigenvalue weighted by Gasteiger charge is 2.49. The Bertz CT molecular complexity index is 665. The molecular weight excluding hydrogens is 272 g/mol. The van der Waals surface area contributed by atoms with Crippen LogP contribution in [-0.4, -0.2) is 15.2 Å². The summed E-state index contributed by atoms with van der Waals surface area (Å²) < 4.78 is 5.51. The van der Waals surface area contributed by atoms with Gasteiger partial charge in [0.25, 0.3) is 0 Å². The van der Waals surface area contributed by atoms with Crippen LogP contribution in [0.2, 0.25) is 11.1 Å². The van der Waals surface area contributed by atoms with E-state index in [1.54, 1.807) is 17.5 Å². The molecule has 0 radical (unpaired) electrons. The highest BCUT2D eigenvalue weighted by atomic mass is 28.3. The van der Waals surface area contributed by atoms with E-state index in [1.165, 1.54) is 11.1 Å². The Kier molecular flexibility index (Phi) is 3.44. The van der Waals surface area contributed by atoms with Crippen LogP contribution in [0.4, 0.5) is 0 Å². The fourth-order valence-corrected chi connectivity index (χ4v) is 10.6. The highest BCUT2D eigenvalue weighted by Crippen LogP contribution is 2.41. The van der Waals surface area contributed by atoms with E-state index in [1.807, 2.05) is 0 Å². The van der Waals surface area contributed by atoms with E-state index >= 15 is 0 Å². The molecule has 2 aromatic carbocycles. The number of methoxy groups -OCH3 is 1. The molecule has 0 unspecified atom stereocenters. The van der Waals surface area contributed by atoms with Gasteiger partial charge in [0.2, 0.25) is 0 Å². The second-order valence-corrected chi connectivity index (χ2v) is 11.8. The van der Waals surface area contributed by atoms with Gasteiger partial charge in [0, 0.05) is 0 Å². The molecule has 0 spiro atoms. The standard InChI is InChI=1S/C19H24OSi/c1-13(2)21(14(3)4)18-9-7-6-8-16(18)17-11-10-15(20-5)12-19(17)21/h6-14H,1-5H3. The van der Waals surface area contributed by atoms with Crippen molar-refractivity contribution in [3.63, 3.8) is 0 Å². The third kappa shape index (κ3) is 1.82. The van der Waals surface area contributed by atoms with Gasteiger partial charge in [-0.2, -0.15) is 0 Å². The minimum absolute atomic E-state index is 0.673. The van der Waals surface area contributed by atoms with E-state index in [2.05, 4.69) is 70.2 Å². The van der Waals surface area contributed by atoms with Crippen LogP contribution < -0.4 is 15.1 Å². The van der Waals surface area contributed by atoms with Crippen LogP contribution in [0.25, 0.3) is 11.1 Å². The maximum atomic E-state index is 5.51. The largest absolute Gasteiger partial charge is 0.497 e. The Morgan fingerprint density at radius 3 is 2.05 bits per heavy atom. The molecule has 110 valence electrons. The summed E-state index contributed by atoms with van der Waals surface area (Å²) in [5.74, 6) is 0.986. The van der Waals surface area contributed by atoms with Gasteiger partial charge < -0.3 is 4.74 Å². The minimum atomic E-state index is -1.76. The number of benzene rings is 2. The lowest BCUT2D eigenvalue weighted by Crippen LogP contribution is -2.60. The molecule has 1 nitrogen and oxygen atoms in total. The van der Waals surface area contributed by atoms with Gasteiger partial charge in [-0.1, -0.05) is 58.0 Å². The normalized spacial score (nSPS) is 15.2. The number of rotatable bonds is 3. The lowest BCUT2D eigenvalue weighted by atomic mass is 10.1. The third-order valence-corrected chi connectivity index (χ3v) is 11.4. The molecule has 0 bridgehead atoms. The number of hydrogen-bond donors (Lipinski definition) is 0. The Labute approximate surface area is 129 Å². The van der Waals surface area contributed by atoms with Crippen LogP contribution in [0, 0.1) is 0 Å². The van der Waals surface area contributed by atoms with Crippen LogP contribution in [0.15, 0.2) is 42.5 Å². The van der Waals surface area contributed by atoms with E-state index < -0.39 is 8.07 Å². The van der Waals surface area contributed by atoms with Crippen LogP contribution >= 0.6 is 0 Å². The molecule has 3 rings (SSSR count). The smallest absolute Gasteiger partial charge is 0.124 e. The molecule has 0 N–H and O–H groups in total. The van der Waals surface area contributed by atoms with Gasteiger partial charge in [-0.25, -0.2) is 0 Å². The molecule has 0 aromatic heterocycles. The molecule has 0 fully saturated rings. The van der Waals surface area contributed by atoms with Gasteiger partial charge in [-0.3, -0.25) is 0 Å². The van der Waals surface area contributed by atoms with Crippen molar-refractivity contribution in [2.45, 2.75) is 38.8 Å². The molecule has 0 atom stereocenters. The number of fused-ring (bicyclic) bond motifs is 3. The zero-order valence-corrected chi connectivity index (χ0v) is 14.6. The maximum Gasteiger partial charge on any atom is 0.124 e. The van der Waals surface area contributed by atoms with Crippen LogP contribution in [0.1, 0.15) is 27.7 Å². The predicted molar refractivity (Wildman–Crippen MR) is 93.6 cm³/mol. The summed E-state index contributed by atoms with van der Waals surface area (Å²) in [6.07, 6.45) is 0. The highest BCUT2D eigenvalue weighted by molar-refractivity contribution is 7.07. The van der Waals surface area contributed by atoms with E-state index in [0.717, 1.165) is 5.75 Å². The molecule has 0 saturated carbocycles. The fraction of sp³-hybridized carbons (Fsp3) is 0.368. The molecule has 0 saturated heterocycles. The molecule has 2 heteroatoms. The molecule has 2 aromatic rings. The third-order valence-electron chi connectivity index (χ3n) is 5.16.